The molecular formula is C20H22N4O3. The van der Waals surface area contributed by atoms with Gasteiger partial charge in [0.1, 0.15) is 11.3 Å². The van der Waals surface area contributed by atoms with Gasteiger partial charge in [-0.05, 0) is 30.0 Å². The summed E-state index contributed by atoms with van der Waals surface area (Å²) in [5, 5.41) is 0.275. The number of aryl methyl sites for hydroxylation is 1. The van der Waals surface area contributed by atoms with Crippen LogP contribution in [0.4, 0.5) is 0 Å². The molecular weight excluding hydrogens is 344 g/mol. The number of fused-ring (bicyclic) bond motifs is 1. The summed E-state index contributed by atoms with van der Waals surface area (Å²) < 4.78 is 0. The summed E-state index contributed by atoms with van der Waals surface area (Å²) in [6, 6.07) is 11.3. The van der Waals surface area contributed by atoms with Crippen LogP contribution < -0.4 is 11.2 Å². The van der Waals surface area contributed by atoms with Gasteiger partial charge >= 0.3 is 5.69 Å². The number of pyridine rings is 1. The first kappa shape index (κ1) is 18.6. The number of aromatic amines is 2. The van der Waals surface area contributed by atoms with E-state index in [1.54, 1.807) is 24.9 Å². The molecule has 1 amide bonds. The number of nitrogens with zero attached hydrogens (tertiary/aromatic N) is 2. The molecule has 0 radical (unpaired) electrons. The Morgan fingerprint density at radius 3 is 2.41 bits per heavy atom. The van der Waals surface area contributed by atoms with Crippen LogP contribution in [-0.2, 0) is 0 Å². The molecule has 3 rings (SSSR count). The van der Waals surface area contributed by atoms with E-state index in [1.807, 2.05) is 30.3 Å². The molecule has 0 fully saturated rings. The predicted octanol–water partition coefficient (Wildman–Crippen LogP) is 2.39. The van der Waals surface area contributed by atoms with Crippen molar-refractivity contribution in [3.05, 3.63) is 74.1 Å². The van der Waals surface area contributed by atoms with Crippen LogP contribution in [0.3, 0.4) is 0 Å². The third kappa shape index (κ3) is 3.53. The van der Waals surface area contributed by atoms with Gasteiger partial charge in [-0.3, -0.25) is 19.6 Å². The zero-order chi connectivity index (χ0) is 19.7. The number of nitrogens with one attached hydrogen (secondary N) is 2. The third-order valence-corrected chi connectivity index (χ3v) is 4.63. The molecule has 0 saturated carbocycles. The van der Waals surface area contributed by atoms with Crippen LogP contribution in [0.1, 0.15) is 41.5 Å². The zero-order valence-electron chi connectivity index (χ0n) is 15.7. The minimum Gasteiger partial charge on any atom is -0.333 e. The van der Waals surface area contributed by atoms with Crippen LogP contribution in [0.5, 0.6) is 0 Å². The maximum absolute atomic E-state index is 13.1. The van der Waals surface area contributed by atoms with Crippen molar-refractivity contribution >= 4 is 16.9 Å². The number of hydrogen-bond donors (Lipinski definition) is 2. The lowest BCUT2D eigenvalue weighted by Crippen LogP contribution is -2.35. The first-order chi connectivity index (χ1) is 12.8. The van der Waals surface area contributed by atoms with Crippen LogP contribution in [0.2, 0.25) is 0 Å². The average molecular weight is 366 g/mol. The quantitative estimate of drug-likeness (QED) is 0.740. The lowest BCUT2D eigenvalue weighted by molar-refractivity contribution is 0.0681. The van der Waals surface area contributed by atoms with E-state index in [4.69, 9.17) is 0 Å². The second kappa shape index (κ2) is 7.19. The number of carbonyl (C=O) groups excluding carboxylic acids is 1. The fourth-order valence-corrected chi connectivity index (χ4v) is 3.48. The van der Waals surface area contributed by atoms with Gasteiger partial charge in [-0.15, -0.1) is 0 Å². The molecule has 0 saturated heterocycles. The van der Waals surface area contributed by atoms with E-state index < -0.39 is 11.2 Å². The topological polar surface area (TPSA) is 98.9 Å². The second-order valence-corrected chi connectivity index (χ2v) is 6.97. The number of benzene rings is 1. The number of rotatable bonds is 4. The second-order valence-electron chi connectivity index (χ2n) is 6.97. The van der Waals surface area contributed by atoms with Crippen LogP contribution in [0, 0.1) is 12.8 Å². The minimum atomic E-state index is -0.651. The van der Waals surface area contributed by atoms with E-state index in [2.05, 4.69) is 28.8 Å². The summed E-state index contributed by atoms with van der Waals surface area (Å²) in [4.78, 5) is 47.3. The largest absolute Gasteiger partial charge is 0.333 e. The van der Waals surface area contributed by atoms with Crippen LogP contribution >= 0.6 is 0 Å². The Bertz CT molecular complexity index is 1100. The van der Waals surface area contributed by atoms with Gasteiger partial charge in [0.25, 0.3) is 11.5 Å². The van der Waals surface area contributed by atoms with Crippen molar-refractivity contribution in [1.29, 1.82) is 0 Å². The molecule has 1 atom stereocenters. The van der Waals surface area contributed by atoms with Crippen LogP contribution in [-0.4, -0.2) is 32.8 Å². The molecule has 0 spiro atoms. The first-order valence-electron chi connectivity index (χ1n) is 8.75. The van der Waals surface area contributed by atoms with Gasteiger partial charge in [0.05, 0.1) is 11.4 Å². The first-order valence-corrected chi connectivity index (χ1v) is 8.75. The highest BCUT2D eigenvalue weighted by molar-refractivity contribution is 5.95. The van der Waals surface area contributed by atoms with E-state index in [-0.39, 0.29) is 34.6 Å². The Morgan fingerprint density at radius 1 is 1.11 bits per heavy atom. The Kier molecular flexibility index (Phi) is 4.94. The standard InChI is InChI=1S/C20H22N4O3/c1-11(2)16(13-8-6-5-7-9-13)24(4)19(26)14-10-12(3)15-17(21-14)22-20(27)23-18(15)25/h5-11,16H,1-4H3,(H2,21,22,23,25,27). The van der Waals surface area contributed by atoms with Gasteiger partial charge in [-0.1, -0.05) is 44.2 Å². The molecule has 7 heteroatoms. The van der Waals surface area contributed by atoms with Crippen molar-refractivity contribution < 1.29 is 4.79 Å². The zero-order valence-corrected chi connectivity index (χ0v) is 15.7. The van der Waals surface area contributed by atoms with E-state index >= 15 is 0 Å². The highest BCUT2D eigenvalue weighted by atomic mass is 16.2. The molecule has 0 aliphatic carbocycles. The van der Waals surface area contributed by atoms with E-state index in [9.17, 15) is 14.4 Å². The Morgan fingerprint density at radius 2 is 1.78 bits per heavy atom. The number of H-pyrrole nitrogens is 2. The smallest absolute Gasteiger partial charge is 0.327 e. The normalized spacial score (nSPS) is 12.3. The van der Waals surface area contributed by atoms with E-state index in [0.29, 0.717) is 5.56 Å². The van der Waals surface area contributed by atoms with Crippen molar-refractivity contribution in [3.63, 3.8) is 0 Å². The van der Waals surface area contributed by atoms with Crippen LogP contribution in [0.25, 0.3) is 11.0 Å². The predicted molar refractivity (Wildman–Crippen MR) is 104 cm³/mol. The Labute approximate surface area is 156 Å². The van der Waals surface area contributed by atoms with Gasteiger partial charge in [-0.25, -0.2) is 9.78 Å². The highest BCUT2D eigenvalue weighted by Crippen LogP contribution is 2.28. The summed E-state index contributed by atoms with van der Waals surface area (Å²) in [5.74, 6) is -0.0887. The molecule has 0 aliphatic rings. The SMILES string of the molecule is Cc1cc(C(=O)N(C)C(c2ccccc2)C(C)C)nc2[nH]c(=O)[nH]c(=O)c12. The summed E-state index contributed by atoms with van der Waals surface area (Å²) in [6.07, 6.45) is 0. The number of carbonyl (C=O) groups is 1. The van der Waals surface area contributed by atoms with E-state index in [1.165, 1.54) is 0 Å². The molecule has 1 unspecified atom stereocenters. The van der Waals surface area contributed by atoms with Gasteiger partial charge in [0.15, 0.2) is 0 Å². The van der Waals surface area contributed by atoms with Crippen molar-refractivity contribution in [2.24, 2.45) is 5.92 Å². The Hall–Kier alpha value is -3.22. The lowest BCUT2D eigenvalue weighted by atomic mass is 9.94. The van der Waals surface area contributed by atoms with Crippen molar-refractivity contribution in [3.8, 4) is 0 Å². The molecule has 3 aromatic rings. The minimum absolute atomic E-state index is 0.112. The van der Waals surface area contributed by atoms with E-state index in [0.717, 1.165) is 5.56 Å². The maximum Gasteiger partial charge on any atom is 0.327 e. The monoisotopic (exact) mass is 366 g/mol. The van der Waals surface area contributed by atoms with Gasteiger partial charge in [0.2, 0.25) is 0 Å². The van der Waals surface area contributed by atoms with Crippen molar-refractivity contribution in [2.75, 3.05) is 7.05 Å². The molecule has 0 bridgehead atoms. The number of amides is 1. The van der Waals surface area contributed by atoms with Gasteiger partial charge in [-0.2, -0.15) is 0 Å². The molecule has 0 aliphatic heterocycles. The summed E-state index contributed by atoms with van der Waals surface area (Å²) in [5.41, 5.74) is 0.740. The average Bonchev–Trinajstić information content (AvgIpc) is 2.60. The molecule has 2 N–H and O–H groups in total. The molecule has 140 valence electrons. The molecule has 2 aromatic heterocycles. The summed E-state index contributed by atoms with van der Waals surface area (Å²) >= 11 is 0. The molecule has 27 heavy (non-hydrogen) atoms. The van der Waals surface area contributed by atoms with Crippen LogP contribution in [0.15, 0.2) is 46.0 Å². The molecule has 7 nitrogen and oxygen atoms in total. The number of hydrogen-bond acceptors (Lipinski definition) is 4. The molecule has 1 aromatic carbocycles. The molecule has 2 heterocycles. The summed E-state index contributed by atoms with van der Waals surface area (Å²) in [7, 11) is 1.74. The van der Waals surface area contributed by atoms with Gasteiger partial charge < -0.3 is 4.90 Å². The van der Waals surface area contributed by atoms with Gasteiger partial charge in [0, 0.05) is 7.05 Å². The van der Waals surface area contributed by atoms with Crippen molar-refractivity contribution in [1.82, 2.24) is 19.9 Å². The fourth-order valence-electron chi connectivity index (χ4n) is 3.48. The highest BCUT2D eigenvalue weighted by Gasteiger charge is 2.26. The number of aromatic nitrogens is 3. The van der Waals surface area contributed by atoms with Crippen molar-refractivity contribution in [2.45, 2.75) is 26.8 Å². The summed E-state index contributed by atoms with van der Waals surface area (Å²) in [6.45, 7) is 5.82. The Balaban J connectivity index is 2.06. The lowest BCUT2D eigenvalue weighted by Gasteiger charge is -2.31. The third-order valence-electron chi connectivity index (χ3n) is 4.63. The maximum atomic E-state index is 13.1. The fraction of sp³-hybridized carbons (Fsp3) is 0.300.